The molecule has 0 saturated carbocycles. The van der Waals surface area contributed by atoms with E-state index >= 15 is 0 Å². The van der Waals surface area contributed by atoms with Crippen LogP contribution in [-0.4, -0.2) is 46.0 Å². The smallest absolute Gasteiger partial charge is 0.343 e. The molecule has 0 atom stereocenters. The topological polar surface area (TPSA) is 126 Å². The zero-order valence-corrected chi connectivity index (χ0v) is 20.3. The van der Waals surface area contributed by atoms with E-state index in [1.165, 1.54) is 7.11 Å². The number of nitrogens with zero attached hydrogens (tertiary/aromatic N) is 3. The van der Waals surface area contributed by atoms with Gasteiger partial charge in [0.05, 0.1) is 18.4 Å². The molecule has 35 heavy (non-hydrogen) atoms. The zero-order valence-electron chi connectivity index (χ0n) is 19.5. The molecule has 0 fully saturated rings. The minimum atomic E-state index is -1.10. The number of aryl methyl sites for hydroxylation is 1. The summed E-state index contributed by atoms with van der Waals surface area (Å²) in [6.07, 6.45) is 0.862. The third-order valence-corrected chi connectivity index (χ3v) is 6.49. The van der Waals surface area contributed by atoms with Gasteiger partial charge in [0, 0.05) is 11.3 Å². The molecule has 9 nitrogen and oxygen atoms in total. The fourth-order valence-electron chi connectivity index (χ4n) is 4.07. The summed E-state index contributed by atoms with van der Waals surface area (Å²) >= 11 is 1.63. The first-order valence-corrected chi connectivity index (χ1v) is 11.8. The van der Waals surface area contributed by atoms with Gasteiger partial charge in [-0.1, -0.05) is 37.3 Å². The minimum absolute atomic E-state index is 0.00000745. The molecule has 0 bridgehead atoms. The average molecular weight is 493 g/mol. The second-order valence-electron chi connectivity index (χ2n) is 7.75. The van der Waals surface area contributed by atoms with Crippen molar-refractivity contribution in [3.8, 4) is 16.3 Å². The van der Waals surface area contributed by atoms with E-state index in [0.717, 1.165) is 16.0 Å². The van der Waals surface area contributed by atoms with Crippen molar-refractivity contribution < 1.29 is 23.9 Å². The van der Waals surface area contributed by atoms with Crippen LogP contribution in [0.25, 0.3) is 16.0 Å². The van der Waals surface area contributed by atoms with Crippen LogP contribution in [0.2, 0.25) is 0 Å². The van der Waals surface area contributed by atoms with E-state index in [9.17, 15) is 14.4 Å². The Morgan fingerprint density at radius 3 is 2.57 bits per heavy atom. The number of nitrogens with two attached hydrogens (primary N) is 1. The van der Waals surface area contributed by atoms with Crippen molar-refractivity contribution in [1.29, 1.82) is 0 Å². The molecule has 2 N–H and O–H groups in total. The summed E-state index contributed by atoms with van der Waals surface area (Å²) in [5.41, 5.74) is 9.11. The lowest BCUT2D eigenvalue weighted by molar-refractivity contribution is -0.143. The Hall–Kier alpha value is -4.05. The number of fused-ring (bicyclic) bond motifs is 1. The van der Waals surface area contributed by atoms with Crippen molar-refractivity contribution in [2.45, 2.75) is 26.7 Å². The molecule has 0 saturated heterocycles. The number of methoxy groups -OCH3 is 1. The molecule has 1 aromatic carbocycles. The molecule has 0 aliphatic rings. The van der Waals surface area contributed by atoms with Crippen molar-refractivity contribution in [3.63, 3.8) is 0 Å². The Kier molecular flexibility index (Phi) is 6.92. The van der Waals surface area contributed by atoms with Gasteiger partial charge in [-0.3, -0.25) is 9.59 Å². The third kappa shape index (κ3) is 4.65. The molecule has 180 valence electrons. The predicted octanol–water partition coefficient (Wildman–Crippen LogP) is 3.14. The van der Waals surface area contributed by atoms with Gasteiger partial charge in [0.15, 0.2) is 6.61 Å². The molecule has 0 aliphatic carbocycles. The van der Waals surface area contributed by atoms with Gasteiger partial charge in [-0.05, 0) is 41.5 Å². The lowest BCUT2D eigenvalue weighted by Gasteiger charge is -2.11. The molecule has 0 radical (unpaired) electrons. The number of benzene rings is 1. The predicted molar refractivity (Wildman–Crippen MR) is 131 cm³/mol. The van der Waals surface area contributed by atoms with Gasteiger partial charge in [-0.25, -0.2) is 9.31 Å². The molecule has 3 aromatic heterocycles. The maximum Gasteiger partial charge on any atom is 0.343 e. The molecule has 0 aliphatic heterocycles. The normalized spacial score (nSPS) is 10.9. The number of primary amides is 1. The lowest BCUT2D eigenvalue weighted by atomic mass is 9.96. The van der Waals surface area contributed by atoms with E-state index < -0.39 is 24.3 Å². The largest absolute Gasteiger partial charge is 0.466 e. The number of Topliss-reactive ketones (excluding diaryl/α,β-unsaturated/α-hetero) is 1. The highest BCUT2D eigenvalue weighted by Crippen LogP contribution is 2.34. The number of hydrogen-bond donors (Lipinski definition) is 1. The number of hydrogen-bond acceptors (Lipinski definition) is 8. The number of carbonyl (C=O) groups excluding carboxylic acids is 3. The van der Waals surface area contributed by atoms with Crippen LogP contribution in [0.4, 0.5) is 0 Å². The van der Waals surface area contributed by atoms with Crippen LogP contribution >= 0.6 is 11.3 Å². The van der Waals surface area contributed by atoms with E-state index in [-0.39, 0.29) is 17.0 Å². The fraction of sp³-hybridized carbons (Fsp3) is 0.240. The summed E-state index contributed by atoms with van der Waals surface area (Å²) < 4.78 is 11.9. The maximum absolute atomic E-state index is 13.0. The second-order valence-corrected chi connectivity index (χ2v) is 8.70. The van der Waals surface area contributed by atoms with Gasteiger partial charge in [0.1, 0.15) is 11.3 Å². The van der Waals surface area contributed by atoms with Crippen LogP contribution < -0.4 is 10.5 Å². The summed E-state index contributed by atoms with van der Waals surface area (Å²) in [7, 11) is 1.24. The SMILES string of the molecule is CCc1c(C(=O)C(N)=O)c2c(OCC(=O)OC)nc(C)nn2c1Cc1ccccc1-c1cccs1. The molecule has 3 heterocycles. The summed E-state index contributed by atoms with van der Waals surface area (Å²) in [4.78, 5) is 42.1. The van der Waals surface area contributed by atoms with Gasteiger partial charge >= 0.3 is 5.97 Å². The van der Waals surface area contributed by atoms with Gasteiger partial charge in [0.2, 0.25) is 5.88 Å². The van der Waals surface area contributed by atoms with Crippen molar-refractivity contribution in [2.75, 3.05) is 13.7 Å². The van der Waals surface area contributed by atoms with Crippen LogP contribution in [0.15, 0.2) is 41.8 Å². The standard InChI is InChI=1S/C25H24N4O5S/c1-4-16-18(12-15-8-5-6-9-17(15)19-10-7-11-35-19)29-22(21(16)23(31)24(26)32)25(27-14(2)28-29)34-13-20(30)33-3/h5-11H,4,12-13H2,1-3H3,(H2,26,32). The quantitative estimate of drug-likeness (QED) is 0.216. The first-order valence-electron chi connectivity index (χ1n) is 10.9. The first-order chi connectivity index (χ1) is 16.8. The summed E-state index contributed by atoms with van der Waals surface area (Å²) in [6.45, 7) is 3.14. The number of rotatable bonds is 9. The van der Waals surface area contributed by atoms with Crippen molar-refractivity contribution in [3.05, 3.63) is 70.0 Å². The van der Waals surface area contributed by atoms with E-state index in [1.807, 2.05) is 48.7 Å². The second kappa shape index (κ2) is 10.1. The number of aromatic nitrogens is 3. The van der Waals surface area contributed by atoms with Crippen LogP contribution in [0.3, 0.4) is 0 Å². The molecule has 0 spiro atoms. The average Bonchev–Trinajstić information content (AvgIpc) is 3.49. The molecular weight excluding hydrogens is 468 g/mol. The van der Waals surface area contributed by atoms with Gasteiger partial charge in [-0.15, -0.1) is 11.3 Å². The highest BCUT2D eigenvalue weighted by atomic mass is 32.1. The minimum Gasteiger partial charge on any atom is -0.466 e. The number of ketones is 1. The van der Waals surface area contributed by atoms with Crippen LogP contribution in [0.1, 0.15) is 39.9 Å². The number of esters is 1. The van der Waals surface area contributed by atoms with Crippen LogP contribution in [0.5, 0.6) is 5.88 Å². The maximum atomic E-state index is 13.0. The van der Waals surface area contributed by atoms with Crippen LogP contribution in [0, 0.1) is 6.92 Å². The zero-order chi connectivity index (χ0) is 25.1. The van der Waals surface area contributed by atoms with Gasteiger partial charge in [0.25, 0.3) is 11.7 Å². The number of ether oxygens (including phenoxy) is 2. The highest BCUT2D eigenvalue weighted by Gasteiger charge is 2.30. The monoisotopic (exact) mass is 492 g/mol. The molecule has 4 aromatic rings. The summed E-state index contributed by atoms with van der Waals surface area (Å²) in [6, 6.07) is 12.0. The van der Waals surface area contributed by atoms with Crippen molar-refractivity contribution in [2.24, 2.45) is 5.73 Å². The molecule has 0 unspecified atom stereocenters. The lowest BCUT2D eigenvalue weighted by Crippen LogP contribution is -2.24. The summed E-state index contributed by atoms with van der Waals surface area (Å²) in [5, 5.41) is 6.57. The van der Waals surface area contributed by atoms with Crippen LogP contribution in [-0.2, 0) is 27.2 Å². The van der Waals surface area contributed by atoms with E-state index in [2.05, 4.69) is 14.8 Å². The van der Waals surface area contributed by atoms with Crippen molar-refractivity contribution >= 4 is 34.5 Å². The Labute approximate surface area is 205 Å². The highest BCUT2D eigenvalue weighted by molar-refractivity contribution is 7.13. The Morgan fingerprint density at radius 2 is 1.91 bits per heavy atom. The van der Waals surface area contributed by atoms with Crippen molar-refractivity contribution in [1.82, 2.24) is 14.6 Å². The summed E-state index contributed by atoms with van der Waals surface area (Å²) in [5.74, 6) is -2.22. The van der Waals surface area contributed by atoms with Gasteiger partial charge in [-0.2, -0.15) is 10.1 Å². The first kappa shape index (κ1) is 24.1. The molecule has 4 rings (SSSR count). The number of thiophene rings is 1. The molecule has 1 amide bonds. The van der Waals surface area contributed by atoms with E-state index in [4.69, 9.17) is 10.5 Å². The Morgan fingerprint density at radius 1 is 1.14 bits per heavy atom. The van der Waals surface area contributed by atoms with Gasteiger partial charge < -0.3 is 15.2 Å². The molecular formula is C25H24N4O5S. The third-order valence-electron chi connectivity index (χ3n) is 5.59. The van der Waals surface area contributed by atoms with E-state index in [1.54, 1.807) is 22.8 Å². The number of amides is 1. The molecule has 10 heteroatoms. The fourth-order valence-corrected chi connectivity index (χ4v) is 4.86. The Bertz CT molecular complexity index is 1430. The number of carbonyl (C=O) groups is 3. The Balaban J connectivity index is 1.96. The van der Waals surface area contributed by atoms with E-state index in [0.29, 0.717) is 29.9 Å².